The summed E-state index contributed by atoms with van der Waals surface area (Å²) in [4.78, 5) is 25.2. The van der Waals surface area contributed by atoms with Gasteiger partial charge in [-0.05, 0) is 41.5 Å². The predicted molar refractivity (Wildman–Crippen MR) is 128 cm³/mol. The van der Waals surface area contributed by atoms with E-state index in [1.807, 2.05) is 30.3 Å². The minimum Gasteiger partial charge on any atom is -0.493 e. The Morgan fingerprint density at radius 2 is 1.48 bits per heavy atom. The molecule has 0 heterocycles. The molecule has 3 rings (SSSR count). The Kier molecular flexibility index (Phi) is 8.07. The molecule has 3 aromatic rings. The Morgan fingerprint density at radius 1 is 0.848 bits per heavy atom. The first kappa shape index (κ1) is 23.4. The van der Waals surface area contributed by atoms with Gasteiger partial charge in [0.15, 0.2) is 11.5 Å². The summed E-state index contributed by atoms with van der Waals surface area (Å²) < 4.78 is 16.0. The lowest BCUT2D eigenvalue weighted by Gasteiger charge is -2.13. The van der Waals surface area contributed by atoms with Crippen LogP contribution in [0.2, 0.25) is 0 Å². The van der Waals surface area contributed by atoms with Gasteiger partial charge in [0.2, 0.25) is 11.7 Å². The predicted octanol–water partition coefficient (Wildman–Crippen LogP) is 4.29. The van der Waals surface area contributed by atoms with Gasteiger partial charge in [-0.2, -0.15) is 0 Å². The van der Waals surface area contributed by atoms with Crippen molar-refractivity contribution in [2.45, 2.75) is 6.54 Å². The van der Waals surface area contributed by atoms with E-state index in [-0.39, 0.29) is 11.8 Å². The van der Waals surface area contributed by atoms with Gasteiger partial charge in [0.1, 0.15) is 0 Å². The summed E-state index contributed by atoms with van der Waals surface area (Å²) in [5.74, 6) is 0.780. The molecule has 3 aromatic carbocycles. The second kappa shape index (κ2) is 11.4. The molecule has 0 radical (unpaired) electrons. The van der Waals surface area contributed by atoms with E-state index in [4.69, 9.17) is 14.2 Å². The van der Waals surface area contributed by atoms with Crippen molar-refractivity contribution >= 4 is 23.6 Å². The number of nitrogens with one attached hydrogen (secondary N) is 2. The highest BCUT2D eigenvalue weighted by Crippen LogP contribution is 2.38. The molecule has 2 amide bonds. The fraction of sp³-hybridized carbons (Fsp3) is 0.154. The first-order valence-corrected chi connectivity index (χ1v) is 10.3. The number of rotatable bonds is 9. The summed E-state index contributed by atoms with van der Waals surface area (Å²) in [7, 11) is 4.57. The number of benzene rings is 3. The molecule has 0 aliphatic rings. The van der Waals surface area contributed by atoms with Crippen LogP contribution in [-0.4, -0.2) is 33.1 Å². The number of carbonyl (C=O) groups excluding carboxylic acids is 2. The van der Waals surface area contributed by atoms with E-state index >= 15 is 0 Å². The van der Waals surface area contributed by atoms with Gasteiger partial charge in [0, 0.05) is 12.6 Å². The Balaban J connectivity index is 1.71. The lowest BCUT2D eigenvalue weighted by atomic mass is 10.1. The fourth-order valence-electron chi connectivity index (χ4n) is 3.21. The fourth-order valence-corrected chi connectivity index (χ4v) is 3.21. The summed E-state index contributed by atoms with van der Waals surface area (Å²) >= 11 is 0. The molecule has 0 unspecified atom stereocenters. The Morgan fingerprint density at radius 3 is 2.12 bits per heavy atom. The zero-order valence-electron chi connectivity index (χ0n) is 18.8. The highest BCUT2D eigenvalue weighted by Gasteiger charge is 2.14. The highest BCUT2D eigenvalue weighted by atomic mass is 16.5. The van der Waals surface area contributed by atoms with Crippen LogP contribution in [0.4, 0.5) is 5.69 Å². The molecule has 0 aliphatic heterocycles. The molecule has 0 bridgehead atoms. The van der Waals surface area contributed by atoms with Gasteiger partial charge >= 0.3 is 0 Å². The van der Waals surface area contributed by atoms with E-state index in [1.165, 1.54) is 27.4 Å². The SMILES string of the molecule is COc1cc(/C=C/C(=O)Nc2ccccc2C(=O)NCc2ccccc2)cc(OC)c1OC. The number of hydrogen-bond donors (Lipinski definition) is 2. The maximum atomic E-state index is 12.7. The maximum Gasteiger partial charge on any atom is 0.253 e. The van der Waals surface area contributed by atoms with Gasteiger partial charge in [-0.25, -0.2) is 0 Å². The van der Waals surface area contributed by atoms with Crippen molar-refractivity contribution in [3.63, 3.8) is 0 Å². The van der Waals surface area contributed by atoms with Crippen LogP contribution in [0.15, 0.2) is 72.8 Å². The van der Waals surface area contributed by atoms with E-state index in [9.17, 15) is 9.59 Å². The molecule has 170 valence electrons. The topological polar surface area (TPSA) is 85.9 Å². The Bertz CT molecular complexity index is 1120. The first-order chi connectivity index (χ1) is 16.0. The van der Waals surface area contributed by atoms with E-state index in [1.54, 1.807) is 42.5 Å². The number of amides is 2. The second-order valence-corrected chi connectivity index (χ2v) is 7.00. The lowest BCUT2D eigenvalue weighted by molar-refractivity contribution is -0.111. The van der Waals surface area contributed by atoms with Crippen molar-refractivity contribution in [1.82, 2.24) is 5.32 Å². The van der Waals surface area contributed by atoms with Crippen molar-refractivity contribution in [1.29, 1.82) is 0 Å². The number of ether oxygens (including phenoxy) is 3. The van der Waals surface area contributed by atoms with Crippen molar-refractivity contribution < 1.29 is 23.8 Å². The first-order valence-electron chi connectivity index (χ1n) is 10.3. The van der Waals surface area contributed by atoms with Crippen LogP contribution in [0.1, 0.15) is 21.5 Å². The minimum absolute atomic E-state index is 0.275. The van der Waals surface area contributed by atoms with Crippen LogP contribution in [0.25, 0.3) is 6.08 Å². The molecule has 0 fully saturated rings. The Labute approximate surface area is 193 Å². The summed E-state index contributed by atoms with van der Waals surface area (Å²) in [6.07, 6.45) is 3.00. The Hall–Kier alpha value is -4.26. The summed E-state index contributed by atoms with van der Waals surface area (Å²) in [6.45, 7) is 0.392. The molecule has 7 heteroatoms. The van der Waals surface area contributed by atoms with E-state index in [2.05, 4.69) is 10.6 Å². The molecular formula is C26H26N2O5. The van der Waals surface area contributed by atoms with Crippen molar-refractivity contribution in [2.75, 3.05) is 26.6 Å². The van der Waals surface area contributed by atoms with Crippen LogP contribution < -0.4 is 24.8 Å². The molecule has 0 aliphatic carbocycles. The lowest BCUT2D eigenvalue weighted by Crippen LogP contribution is -2.24. The van der Waals surface area contributed by atoms with Gasteiger partial charge in [-0.1, -0.05) is 42.5 Å². The average Bonchev–Trinajstić information content (AvgIpc) is 2.86. The maximum absolute atomic E-state index is 12.7. The quantitative estimate of drug-likeness (QED) is 0.479. The van der Waals surface area contributed by atoms with E-state index in [0.29, 0.717) is 40.6 Å². The largest absolute Gasteiger partial charge is 0.493 e. The van der Waals surface area contributed by atoms with Crippen molar-refractivity contribution in [3.05, 3.63) is 89.5 Å². The molecule has 0 spiro atoms. The van der Waals surface area contributed by atoms with Crippen LogP contribution >= 0.6 is 0 Å². The molecule has 7 nitrogen and oxygen atoms in total. The molecule has 0 aromatic heterocycles. The summed E-state index contributed by atoms with van der Waals surface area (Å²) in [5, 5.41) is 5.64. The zero-order valence-corrected chi connectivity index (χ0v) is 18.8. The minimum atomic E-state index is -0.382. The highest BCUT2D eigenvalue weighted by molar-refractivity contribution is 6.07. The van der Waals surface area contributed by atoms with Gasteiger partial charge in [-0.3, -0.25) is 9.59 Å². The van der Waals surface area contributed by atoms with Crippen LogP contribution in [0.3, 0.4) is 0 Å². The summed E-state index contributed by atoms with van der Waals surface area (Å²) in [5.41, 5.74) is 2.47. The molecule has 0 saturated carbocycles. The molecule has 0 atom stereocenters. The number of carbonyl (C=O) groups is 2. The van der Waals surface area contributed by atoms with Crippen molar-refractivity contribution in [3.8, 4) is 17.2 Å². The van der Waals surface area contributed by atoms with Gasteiger partial charge < -0.3 is 24.8 Å². The van der Waals surface area contributed by atoms with Gasteiger partial charge in [-0.15, -0.1) is 0 Å². The third kappa shape index (κ3) is 6.13. The van der Waals surface area contributed by atoms with E-state index < -0.39 is 0 Å². The molecular weight excluding hydrogens is 420 g/mol. The van der Waals surface area contributed by atoms with Gasteiger partial charge in [0.05, 0.1) is 32.6 Å². The van der Waals surface area contributed by atoms with E-state index in [0.717, 1.165) is 5.56 Å². The second-order valence-electron chi connectivity index (χ2n) is 7.00. The average molecular weight is 447 g/mol. The van der Waals surface area contributed by atoms with Crippen molar-refractivity contribution in [2.24, 2.45) is 0 Å². The standard InChI is InChI=1S/C26H26N2O5/c1-31-22-15-19(16-23(32-2)25(22)33-3)13-14-24(29)28-21-12-8-7-11-20(21)26(30)27-17-18-9-5-4-6-10-18/h4-16H,17H2,1-3H3,(H,27,30)(H,28,29)/b14-13+. The van der Waals surface area contributed by atoms with Gasteiger partial charge in [0.25, 0.3) is 5.91 Å². The number of methoxy groups -OCH3 is 3. The number of hydrogen-bond acceptors (Lipinski definition) is 5. The smallest absolute Gasteiger partial charge is 0.253 e. The number of anilines is 1. The van der Waals surface area contributed by atoms with Crippen LogP contribution in [-0.2, 0) is 11.3 Å². The normalized spacial score (nSPS) is 10.5. The summed E-state index contributed by atoms with van der Waals surface area (Å²) in [6, 6.07) is 19.9. The molecule has 2 N–H and O–H groups in total. The zero-order chi connectivity index (χ0) is 23.6. The monoisotopic (exact) mass is 446 g/mol. The van der Waals surface area contributed by atoms with Crippen LogP contribution in [0.5, 0.6) is 17.2 Å². The third-order valence-electron chi connectivity index (χ3n) is 4.84. The molecule has 0 saturated heterocycles. The molecule has 33 heavy (non-hydrogen) atoms. The third-order valence-corrected chi connectivity index (χ3v) is 4.84. The number of para-hydroxylation sites is 1. The van der Waals surface area contributed by atoms with Crippen LogP contribution in [0, 0.1) is 0 Å².